The average molecular weight is 225 g/mol. The first kappa shape index (κ1) is 12.2. The van der Waals surface area contributed by atoms with Gasteiger partial charge in [-0.2, -0.15) is 5.10 Å². The van der Waals surface area contributed by atoms with Crippen LogP contribution in [0, 0.1) is 5.41 Å². The number of ether oxygens (including phenoxy) is 1. The molecule has 16 heavy (non-hydrogen) atoms. The van der Waals surface area contributed by atoms with Crippen LogP contribution in [0.15, 0.2) is 12.3 Å². The number of nitrogens with one attached hydrogen (secondary N) is 2. The van der Waals surface area contributed by atoms with Gasteiger partial charge in [0.1, 0.15) is 5.69 Å². The smallest absolute Gasteiger partial charge is 0.313 e. The molecule has 1 aromatic rings. The van der Waals surface area contributed by atoms with E-state index in [1.165, 1.54) is 13.3 Å². The molecule has 0 radical (unpaired) electrons. The van der Waals surface area contributed by atoms with E-state index in [0.717, 1.165) is 0 Å². The number of carbonyl (C=O) groups is 2. The van der Waals surface area contributed by atoms with Gasteiger partial charge in [-0.05, 0) is 19.9 Å². The third-order valence-electron chi connectivity index (χ3n) is 2.17. The van der Waals surface area contributed by atoms with E-state index < -0.39 is 5.41 Å². The summed E-state index contributed by atoms with van der Waals surface area (Å²) in [7, 11) is 1.32. The average Bonchev–Trinajstić information content (AvgIpc) is 2.78. The molecule has 0 aliphatic rings. The third-order valence-corrected chi connectivity index (χ3v) is 2.17. The van der Waals surface area contributed by atoms with Gasteiger partial charge >= 0.3 is 5.97 Å². The predicted molar refractivity (Wildman–Crippen MR) is 56.7 cm³/mol. The fraction of sp³-hybridized carbons (Fsp3) is 0.500. The zero-order valence-electron chi connectivity index (χ0n) is 9.53. The maximum absolute atomic E-state index is 11.5. The largest absolute Gasteiger partial charge is 0.469 e. The number of rotatable bonds is 4. The van der Waals surface area contributed by atoms with Crippen LogP contribution < -0.4 is 5.32 Å². The second-order valence-corrected chi connectivity index (χ2v) is 4.03. The first-order chi connectivity index (χ1) is 7.47. The summed E-state index contributed by atoms with van der Waals surface area (Å²) >= 11 is 0. The Morgan fingerprint density at radius 2 is 2.25 bits per heavy atom. The van der Waals surface area contributed by atoms with Crippen LogP contribution in [0.1, 0.15) is 24.3 Å². The van der Waals surface area contributed by atoms with Gasteiger partial charge in [-0.3, -0.25) is 14.7 Å². The van der Waals surface area contributed by atoms with Crippen molar-refractivity contribution in [2.24, 2.45) is 5.41 Å². The molecule has 1 heterocycles. The summed E-state index contributed by atoms with van der Waals surface area (Å²) in [6.45, 7) is 3.61. The van der Waals surface area contributed by atoms with E-state index in [9.17, 15) is 9.59 Å². The quantitative estimate of drug-likeness (QED) is 0.724. The van der Waals surface area contributed by atoms with Gasteiger partial charge in [-0.25, -0.2) is 0 Å². The van der Waals surface area contributed by atoms with Crippen molar-refractivity contribution in [3.8, 4) is 0 Å². The van der Waals surface area contributed by atoms with Gasteiger partial charge in [0.15, 0.2) is 0 Å². The second kappa shape index (κ2) is 4.78. The molecule has 2 N–H and O–H groups in total. The second-order valence-electron chi connectivity index (χ2n) is 4.03. The van der Waals surface area contributed by atoms with Gasteiger partial charge in [-0.1, -0.05) is 0 Å². The number of aromatic nitrogens is 2. The minimum Gasteiger partial charge on any atom is -0.469 e. The van der Waals surface area contributed by atoms with Crippen molar-refractivity contribution in [2.45, 2.75) is 13.8 Å². The van der Waals surface area contributed by atoms with E-state index in [1.54, 1.807) is 19.9 Å². The highest BCUT2D eigenvalue weighted by Crippen LogP contribution is 2.15. The van der Waals surface area contributed by atoms with E-state index in [4.69, 9.17) is 0 Å². The highest BCUT2D eigenvalue weighted by Gasteiger charge is 2.29. The molecule has 0 aliphatic carbocycles. The number of methoxy groups -OCH3 is 1. The number of esters is 1. The van der Waals surface area contributed by atoms with Crippen LogP contribution in [0.25, 0.3) is 0 Å². The lowest BCUT2D eigenvalue weighted by Gasteiger charge is -2.21. The van der Waals surface area contributed by atoms with Gasteiger partial charge in [0, 0.05) is 12.7 Å². The van der Waals surface area contributed by atoms with E-state index in [2.05, 4.69) is 20.3 Å². The Morgan fingerprint density at radius 1 is 1.56 bits per heavy atom. The lowest BCUT2D eigenvalue weighted by molar-refractivity contribution is -0.150. The van der Waals surface area contributed by atoms with E-state index in [-0.39, 0.29) is 18.4 Å². The summed E-state index contributed by atoms with van der Waals surface area (Å²) in [4.78, 5) is 22.9. The van der Waals surface area contributed by atoms with Crippen molar-refractivity contribution in [2.75, 3.05) is 13.7 Å². The highest BCUT2D eigenvalue weighted by atomic mass is 16.5. The maximum Gasteiger partial charge on any atom is 0.313 e. The molecule has 0 unspecified atom stereocenters. The number of hydrogen-bond acceptors (Lipinski definition) is 4. The molecule has 1 amide bonds. The Kier molecular flexibility index (Phi) is 3.65. The van der Waals surface area contributed by atoms with Gasteiger partial charge in [0.05, 0.1) is 12.5 Å². The van der Waals surface area contributed by atoms with Crippen LogP contribution in [0.4, 0.5) is 0 Å². The first-order valence-corrected chi connectivity index (χ1v) is 4.83. The number of hydrogen-bond donors (Lipinski definition) is 2. The lowest BCUT2D eigenvalue weighted by atomic mass is 9.94. The molecule has 0 aliphatic heterocycles. The zero-order valence-corrected chi connectivity index (χ0v) is 9.53. The van der Waals surface area contributed by atoms with Gasteiger partial charge in [0.2, 0.25) is 0 Å². The topological polar surface area (TPSA) is 84.1 Å². The molecule has 6 nitrogen and oxygen atoms in total. The van der Waals surface area contributed by atoms with Gasteiger partial charge in [0.25, 0.3) is 5.91 Å². The van der Waals surface area contributed by atoms with Crippen LogP contribution in [0.3, 0.4) is 0 Å². The fourth-order valence-corrected chi connectivity index (χ4v) is 1.13. The number of H-pyrrole nitrogens is 1. The number of amides is 1. The monoisotopic (exact) mass is 225 g/mol. The van der Waals surface area contributed by atoms with Crippen LogP contribution in [-0.4, -0.2) is 35.7 Å². The van der Waals surface area contributed by atoms with E-state index in [0.29, 0.717) is 5.69 Å². The molecule has 6 heteroatoms. The normalized spacial score (nSPS) is 10.9. The van der Waals surface area contributed by atoms with Crippen molar-refractivity contribution < 1.29 is 14.3 Å². The van der Waals surface area contributed by atoms with Crippen molar-refractivity contribution in [3.05, 3.63) is 18.0 Å². The van der Waals surface area contributed by atoms with Crippen molar-refractivity contribution in [3.63, 3.8) is 0 Å². The van der Waals surface area contributed by atoms with Crippen LogP contribution in [-0.2, 0) is 9.53 Å². The summed E-state index contributed by atoms with van der Waals surface area (Å²) in [6.07, 6.45) is 1.49. The van der Waals surface area contributed by atoms with Gasteiger partial charge in [-0.15, -0.1) is 0 Å². The molecule has 0 saturated carbocycles. The van der Waals surface area contributed by atoms with Gasteiger partial charge < -0.3 is 10.1 Å². The molecule has 0 saturated heterocycles. The summed E-state index contributed by atoms with van der Waals surface area (Å²) in [6, 6.07) is 1.56. The Morgan fingerprint density at radius 3 is 2.75 bits per heavy atom. The maximum atomic E-state index is 11.5. The predicted octanol–water partition coefficient (Wildman–Crippen LogP) is 0.339. The van der Waals surface area contributed by atoms with Crippen LogP contribution >= 0.6 is 0 Å². The molecule has 0 atom stereocenters. The number of carbonyl (C=O) groups excluding carboxylic acids is 2. The summed E-state index contributed by atoms with van der Waals surface area (Å²) in [5.41, 5.74) is -0.384. The molecule has 0 aromatic carbocycles. The minimum absolute atomic E-state index is 0.206. The number of aromatic amines is 1. The minimum atomic E-state index is -0.746. The lowest BCUT2D eigenvalue weighted by Crippen LogP contribution is -2.39. The molecular weight excluding hydrogens is 210 g/mol. The van der Waals surface area contributed by atoms with Crippen molar-refractivity contribution >= 4 is 11.9 Å². The van der Waals surface area contributed by atoms with Crippen LogP contribution in [0.5, 0.6) is 0 Å². The standard InChI is InChI=1S/C10H15N3O3/c1-10(2,9(15)16-3)6-11-8(14)7-4-5-12-13-7/h4-5H,6H2,1-3H3,(H,11,14)(H,12,13). The van der Waals surface area contributed by atoms with E-state index >= 15 is 0 Å². The molecule has 1 aromatic heterocycles. The molecular formula is C10H15N3O3. The third kappa shape index (κ3) is 2.82. The molecule has 1 rings (SSSR count). The molecule has 0 spiro atoms. The highest BCUT2D eigenvalue weighted by molar-refractivity contribution is 5.92. The van der Waals surface area contributed by atoms with E-state index in [1.807, 2.05) is 0 Å². The summed E-state index contributed by atoms with van der Waals surface area (Å²) in [5.74, 6) is -0.660. The Hall–Kier alpha value is -1.85. The zero-order chi connectivity index (χ0) is 12.2. The number of nitrogens with zero attached hydrogens (tertiary/aromatic N) is 1. The molecule has 88 valence electrons. The molecule has 0 fully saturated rings. The summed E-state index contributed by atoms with van der Waals surface area (Å²) < 4.78 is 4.63. The van der Waals surface area contributed by atoms with Crippen molar-refractivity contribution in [1.29, 1.82) is 0 Å². The summed E-state index contributed by atoms with van der Waals surface area (Å²) in [5, 5.41) is 8.83. The van der Waals surface area contributed by atoms with Crippen LogP contribution in [0.2, 0.25) is 0 Å². The fourth-order valence-electron chi connectivity index (χ4n) is 1.13. The Labute approximate surface area is 93.4 Å². The SMILES string of the molecule is COC(=O)C(C)(C)CNC(=O)c1ccn[nH]1. The molecule has 0 bridgehead atoms. The first-order valence-electron chi connectivity index (χ1n) is 4.83. The Bertz CT molecular complexity index is 371. The Balaban J connectivity index is 2.52. The van der Waals surface area contributed by atoms with Crippen molar-refractivity contribution in [1.82, 2.24) is 15.5 Å².